The largest absolute Gasteiger partial charge is 0.481 e. The monoisotopic (exact) mass is 265 g/mol. The summed E-state index contributed by atoms with van der Waals surface area (Å²) in [5.41, 5.74) is 1.89. The van der Waals surface area contributed by atoms with Crippen LogP contribution in [0.15, 0.2) is 30.3 Å². The Morgan fingerprint density at radius 1 is 1.32 bits per heavy atom. The van der Waals surface area contributed by atoms with E-state index in [1.807, 2.05) is 6.92 Å². The molecule has 0 amide bonds. The summed E-state index contributed by atoms with van der Waals surface area (Å²) in [4.78, 5) is 14.9. The van der Waals surface area contributed by atoms with E-state index >= 15 is 0 Å². The SMILES string of the molecule is Cc1ccc2cc(C(CC(=O)O)C(F)F)ccc2n1. The van der Waals surface area contributed by atoms with Gasteiger partial charge < -0.3 is 5.11 Å². The molecule has 0 aliphatic carbocycles. The lowest BCUT2D eigenvalue weighted by Crippen LogP contribution is -2.14. The maximum absolute atomic E-state index is 12.9. The van der Waals surface area contributed by atoms with Crippen LogP contribution >= 0.6 is 0 Å². The number of carboxylic acids is 1. The maximum atomic E-state index is 12.9. The Bertz CT molecular complexity index is 613. The van der Waals surface area contributed by atoms with E-state index in [2.05, 4.69) is 4.98 Å². The zero-order valence-electron chi connectivity index (χ0n) is 10.3. The van der Waals surface area contributed by atoms with E-state index < -0.39 is 24.7 Å². The van der Waals surface area contributed by atoms with Crippen molar-refractivity contribution in [3.05, 3.63) is 41.6 Å². The van der Waals surface area contributed by atoms with Gasteiger partial charge in [0.25, 0.3) is 0 Å². The van der Waals surface area contributed by atoms with E-state index in [-0.39, 0.29) is 0 Å². The average Bonchev–Trinajstić information content (AvgIpc) is 2.35. The first-order valence-electron chi connectivity index (χ1n) is 5.84. The summed E-state index contributed by atoms with van der Waals surface area (Å²) in [6.45, 7) is 1.85. The molecular formula is C14H13F2NO2. The number of rotatable bonds is 4. The molecule has 3 nitrogen and oxygen atoms in total. The molecule has 0 aliphatic heterocycles. The van der Waals surface area contributed by atoms with Gasteiger partial charge in [-0.05, 0) is 30.7 Å². The highest BCUT2D eigenvalue weighted by Crippen LogP contribution is 2.29. The van der Waals surface area contributed by atoms with Crippen LogP contribution in [0.4, 0.5) is 8.78 Å². The van der Waals surface area contributed by atoms with Gasteiger partial charge in [0.2, 0.25) is 6.43 Å². The van der Waals surface area contributed by atoms with Crippen LogP contribution in [-0.4, -0.2) is 22.5 Å². The minimum atomic E-state index is -2.70. The summed E-state index contributed by atoms with van der Waals surface area (Å²) in [6.07, 6.45) is -3.28. The number of halogens is 2. The number of benzene rings is 1. The molecule has 0 saturated heterocycles. The molecule has 0 radical (unpaired) electrons. The maximum Gasteiger partial charge on any atom is 0.304 e. The molecule has 2 aromatic rings. The molecule has 19 heavy (non-hydrogen) atoms. The van der Waals surface area contributed by atoms with Crippen LogP contribution < -0.4 is 0 Å². The Kier molecular flexibility index (Phi) is 3.74. The van der Waals surface area contributed by atoms with Crippen molar-refractivity contribution in [2.75, 3.05) is 0 Å². The summed E-state index contributed by atoms with van der Waals surface area (Å²) >= 11 is 0. The molecule has 2 rings (SSSR count). The molecule has 5 heteroatoms. The predicted octanol–water partition coefficient (Wildman–Crippen LogP) is 3.37. The van der Waals surface area contributed by atoms with E-state index in [0.717, 1.165) is 11.1 Å². The van der Waals surface area contributed by atoms with Crippen LogP contribution in [0.25, 0.3) is 10.9 Å². The molecule has 1 aromatic carbocycles. The molecule has 0 saturated carbocycles. The van der Waals surface area contributed by atoms with Crippen LogP contribution in [0, 0.1) is 6.92 Å². The number of hydrogen-bond donors (Lipinski definition) is 1. The van der Waals surface area contributed by atoms with Crippen molar-refractivity contribution in [3.63, 3.8) is 0 Å². The van der Waals surface area contributed by atoms with Gasteiger partial charge in [-0.15, -0.1) is 0 Å². The molecule has 100 valence electrons. The Morgan fingerprint density at radius 2 is 2.05 bits per heavy atom. The van der Waals surface area contributed by atoms with E-state index in [1.54, 1.807) is 24.3 Å². The van der Waals surface area contributed by atoms with Gasteiger partial charge in [0.15, 0.2) is 0 Å². The lowest BCUT2D eigenvalue weighted by molar-refractivity contribution is -0.138. The second kappa shape index (κ2) is 5.30. The van der Waals surface area contributed by atoms with Gasteiger partial charge >= 0.3 is 5.97 Å². The summed E-state index contributed by atoms with van der Waals surface area (Å²) in [5.74, 6) is -2.52. The second-order valence-electron chi connectivity index (χ2n) is 4.44. The van der Waals surface area contributed by atoms with Crippen LogP contribution in [0.5, 0.6) is 0 Å². The normalized spacial score (nSPS) is 12.8. The third-order valence-electron chi connectivity index (χ3n) is 2.98. The van der Waals surface area contributed by atoms with Gasteiger partial charge in [-0.2, -0.15) is 0 Å². The van der Waals surface area contributed by atoms with Gasteiger partial charge in [0, 0.05) is 11.1 Å². The molecule has 0 aliphatic rings. The third kappa shape index (κ3) is 3.05. The molecule has 0 fully saturated rings. The highest BCUT2D eigenvalue weighted by Gasteiger charge is 2.25. The van der Waals surface area contributed by atoms with Crippen molar-refractivity contribution >= 4 is 16.9 Å². The van der Waals surface area contributed by atoms with E-state index in [4.69, 9.17) is 5.11 Å². The third-order valence-corrected chi connectivity index (χ3v) is 2.98. The number of nitrogens with zero attached hydrogens (tertiary/aromatic N) is 1. The van der Waals surface area contributed by atoms with E-state index in [9.17, 15) is 13.6 Å². The fourth-order valence-electron chi connectivity index (χ4n) is 2.02. The lowest BCUT2D eigenvalue weighted by Gasteiger charge is -2.14. The molecule has 1 atom stereocenters. The van der Waals surface area contributed by atoms with Gasteiger partial charge in [-0.25, -0.2) is 8.78 Å². The standard InChI is InChI=1S/C14H13F2NO2/c1-8-2-3-10-6-9(4-5-12(10)17-8)11(14(15)16)7-13(18)19/h2-6,11,14H,7H2,1H3,(H,18,19). The van der Waals surface area contributed by atoms with Crippen molar-refractivity contribution in [1.82, 2.24) is 4.98 Å². The zero-order chi connectivity index (χ0) is 14.0. The first-order valence-corrected chi connectivity index (χ1v) is 5.84. The van der Waals surface area contributed by atoms with Gasteiger partial charge in [-0.3, -0.25) is 9.78 Å². The van der Waals surface area contributed by atoms with Gasteiger partial charge in [-0.1, -0.05) is 12.1 Å². The van der Waals surface area contributed by atoms with Crippen LogP contribution in [-0.2, 0) is 4.79 Å². The second-order valence-corrected chi connectivity index (χ2v) is 4.44. The number of carboxylic acid groups (broad SMARTS) is 1. The minimum Gasteiger partial charge on any atom is -0.481 e. The smallest absolute Gasteiger partial charge is 0.304 e. The average molecular weight is 265 g/mol. The molecule has 1 heterocycles. The highest BCUT2D eigenvalue weighted by atomic mass is 19.3. The van der Waals surface area contributed by atoms with Crippen LogP contribution in [0.2, 0.25) is 0 Å². The van der Waals surface area contributed by atoms with E-state index in [0.29, 0.717) is 11.1 Å². The zero-order valence-corrected chi connectivity index (χ0v) is 10.3. The van der Waals surface area contributed by atoms with Crippen LogP contribution in [0.1, 0.15) is 23.6 Å². The number of aryl methyl sites for hydroxylation is 1. The Balaban J connectivity index is 2.43. The molecule has 1 N–H and O–H groups in total. The van der Waals surface area contributed by atoms with Crippen molar-refractivity contribution < 1.29 is 18.7 Å². The van der Waals surface area contributed by atoms with Crippen molar-refractivity contribution in [1.29, 1.82) is 0 Å². The Hall–Kier alpha value is -2.04. The predicted molar refractivity (Wildman–Crippen MR) is 67.5 cm³/mol. The number of carbonyl (C=O) groups is 1. The van der Waals surface area contributed by atoms with Crippen molar-refractivity contribution in [2.45, 2.75) is 25.7 Å². The number of alkyl halides is 2. The molecule has 1 unspecified atom stereocenters. The summed E-state index contributed by atoms with van der Waals surface area (Å²) in [6, 6.07) is 8.34. The molecular weight excluding hydrogens is 252 g/mol. The van der Waals surface area contributed by atoms with Crippen molar-refractivity contribution in [2.24, 2.45) is 0 Å². The number of aliphatic carboxylic acids is 1. The van der Waals surface area contributed by atoms with Gasteiger partial charge in [0.05, 0.1) is 17.9 Å². The fraction of sp³-hybridized carbons (Fsp3) is 0.286. The van der Waals surface area contributed by atoms with E-state index in [1.165, 1.54) is 6.07 Å². The Morgan fingerprint density at radius 3 is 2.68 bits per heavy atom. The molecule has 0 spiro atoms. The van der Waals surface area contributed by atoms with Crippen LogP contribution in [0.3, 0.4) is 0 Å². The number of pyridine rings is 1. The van der Waals surface area contributed by atoms with Crippen molar-refractivity contribution in [3.8, 4) is 0 Å². The number of aromatic nitrogens is 1. The number of fused-ring (bicyclic) bond motifs is 1. The fourth-order valence-corrected chi connectivity index (χ4v) is 2.02. The molecule has 0 bridgehead atoms. The first kappa shape index (κ1) is 13.4. The lowest BCUT2D eigenvalue weighted by atomic mass is 9.95. The summed E-state index contributed by atoms with van der Waals surface area (Å²) in [5, 5.41) is 9.43. The highest BCUT2D eigenvalue weighted by molar-refractivity contribution is 5.80. The summed E-state index contributed by atoms with van der Waals surface area (Å²) in [7, 11) is 0. The summed E-state index contributed by atoms with van der Waals surface area (Å²) < 4.78 is 25.9. The topological polar surface area (TPSA) is 50.2 Å². The molecule has 1 aromatic heterocycles. The quantitative estimate of drug-likeness (QED) is 0.922. The minimum absolute atomic E-state index is 0.329. The van der Waals surface area contributed by atoms with Gasteiger partial charge in [0.1, 0.15) is 0 Å². The first-order chi connectivity index (χ1) is 8.97. The number of hydrogen-bond acceptors (Lipinski definition) is 2. The Labute approximate surface area is 108 Å².